The number of hydrogen-bond acceptors (Lipinski definition) is 2. The molecule has 1 unspecified atom stereocenters. The molecule has 0 bridgehead atoms. The second kappa shape index (κ2) is 4.00. The van der Waals surface area contributed by atoms with E-state index in [1.165, 1.54) is 12.0 Å². The van der Waals surface area contributed by atoms with Crippen LogP contribution in [0.2, 0.25) is 0 Å². The maximum atomic E-state index is 11.7. The fraction of sp³-hybridized carbons (Fsp3) is 0.357. The van der Waals surface area contributed by atoms with Crippen LogP contribution in [0.5, 0.6) is 0 Å². The van der Waals surface area contributed by atoms with Crippen molar-refractivity contribution in [2.75, 3.05) is 20.1 Å². The summed E-state index contributed by atoms with van der Waals surface area (Å²) >= 11 is 0. The van der Waals surface area contributed by atoms with Gasteiger partial charge < -0.3 is 9.88 Å². The van der Waals surface area contributed by atoms with Gasteiger partial charge in [-0.15, -0.1) is 0 Å². The predicted octanol–water partition coefficient (Wildman–Crippen LogP) is 1.95. The Kier molecular flexibility index (Phi) is 2.48. The Hall–Kier alpha value is -1.61. The van der Waals surface area contributed by atoms with Crippen molar-refractivity contribution in [2.24, 2.45) is 0 Å². The van der Waals surface area contributed by atoms with E-state index >= 15 is 0 Å². The quantitative estimate of drug-likeness (QED) is 0.809. The van der Waals surface area contributed by atoms with Crippen LogP contribution in [0.3, 0.4) is 0 Å². The van der Waals surface area contributed by atoms with Crippen molar-refractivity contribution in [1.82, 2.24) is 9.88 Å². The average Bonchev–Trinajstić information content (AvgIpc) is 2.77. The second-order valence-corrected chi connectivity index (χ2v) is 4.87. The fourth-order valence-electron chi connectivity index (χ4n) is 2.76. The molecule has 1 saturated heterocycles. The van der Waals surface area contributed by atoms with Gasteiger partial charge in [0.25, 0.3) is 5.56 Å². The minimum Gasteiger partial charge on any atom is -0.328 e. The first kappa shape index (κ1) is 10.5. The number of nitrogens with zero attached hydrogens (tertiary/aromatic N) is 1. The number of rotatable bonds is 1. The van der Waals surface area contributed by atoms with Crippen molar-refractivity contribution in [2.45, 2.75) is 12.3 Å². The third-order valence-electron chi connectivity index (χ3n) is 3.67. The lowest BCUT2D eigenvalue weighted by molar-refractivity contribution is 0.412. The van der Waals surface area contributed by atoms with Gasteiger partial charge in [-0.2, -0.15) is 0 Å². The Morgan fingerprint density at radius 2 is 2.06 bits per heavy atom. The molecule has 1 aromatic heterocycles. The lowest BCUT2D eigenvalue weighted by atomic mass is 9.95. The molecular formula is C14H16N2O. The van der Waals surface area contributed by atoms with Gasteiger partial charge in [-0.05, 0) is 42.9 Å². The van der Waals surface area contributed by atoms with E-state index in [1.807, 2.05) is 24.4 Å². The summed E-state index contributed by atoms with van der Waals surface area (Å²) < 4.78 is 0. The first-order chi connectivity index (χ1) is 8.25. The minimum atomic E-state index is 0.00991. The van der Waals surface area contributed by atoms with Crippen LogP contribution in [0.4, 0.5) is 0 Å². The van der Waals surface area contributed by atoms with Crippen LogP contribution in [0.15, 0.2) is 35.3 Å². The van der Waals surface area contributed by atoms with Crippen molar-refractivity contribution < 1.29 is 0 Å². The Morgan fingerprint density at radius 1 is 1.29 bits per heavy atom. The molecule has 1 aromatic carbocycles. The molecule has 1 fully saturated rings. The van der Waals surface area contributed by atoms with Crippen molar-refractivity contribution in [1.29, 1.82) is 0 Å². The molecule has 1 N–H and O–H groups in total. The fourth-order valence-corrected chi connectivity index (χ4v) is 2.76. The molecule has 0 aliphatic carbocycles. The molecular weight excluding hydrogens is 212 g/mol. The van der Waals surface area contributed by atoms with Crippen molar-refractivity contribution in [3.05, 3.63) is 46.4 Å². The van der Waals surface area contributed by atoms with Gasteiger partial charge in [-0.1, -0.05) is 18.2 Å². The normalized spacial score (nSPS) is 21.1. The first-order valence-electron chi connectivity index (χ1n) is 6.04. The molecule has 3 rings (SSSR count). The van der Waals surface area contributed by atoms with E-state index in [1.54, 1.807) is 0 Å². The Morgan fingerprint density at radius 3 is 2.76 bits per heavy atom. The Bertz CT molecular complexity index is 602. The SMILES string of the molecule is CN1CCC(c2c[nH]c(=O)c3ccccc23)C1. The van der Waals surface area contributed by atoms with Crippen molar-refractivity contribution in [3.63, 3.8) is 0 Å². The van der Waals surface area contributed by atoms with Crippen LogP contribution in [-0.2, 0) is 0 Å². The number of hydrogen-bond donors (Lipinski definition) is 1. The number of nitrogens with one attached hydrogen (secondary N) is 1. The second-order valence-electron chi connectivity index (χ2n) is 4.87. The number of benzene rings is 1. The average molecular weight is 228 g/mol. The molecule has 0 spiro atoms. The summed E-state index contributed by atoms with van der Waals surface area (Å²) in [6, 6.07) is 7.88. The Labute approximate surface area is 100 Å². The van der Waals surface area contributed by atoms with Gasteiger partial charge in [0.2, 0.25) is 0 Å². The lowest BCUT2D eigenvalue weighted by Crippen LogP contribution is -2.14. The largest absolute Gasteiger partial charge is 0.328 e. The number of aromatic amines is 1. The van der Waals surface area contributed by atoms with Gasteiger partial charge in [0, 0.05) is 18.1 Å². The highest BCUT2D eigenvalue weighted by Gasteiger charge is 2.23. The van der Waals surface area contributed by atoms with E-state index in [9.17, 15) is 4.79 Å². The zero-order valence-electron chi connectivity index (χ0n) is 9.94. The highest BCUT2D eigenvalue weighted by Crippen LogP contribution is 2.29. The van der Waals surface area contributed by atoms with E-state index in [-0.39, 0.29) is 5.56 Å². The molecule has 1 aliphatic heterocycles. The standard InChI is InChI=1S/C14H16N2O/c1-16-7-6-10(9-16)13-8-15-14(17)12-5-3-2-4-11(12)13/h2-5,8,10H,6-7,9H2,1H3,(H,15,17). The van der Waals surface area contributed by atoms with Gasteiger partial charge in [0.1, 0.15) is 0 Å². The van der Waals surface area contributed by atoms with Gasteiger partial charge in [0.15, 0.2) is 0 Å². The van der Waals surface area contributed by atoms with Crippen molar-refractivity contribution in [3.8, 4) is 0 Å². The number of aromatic nitrogens is 1. The molecule has 3 heteroatoms. The molecule has 2 aromatic rings. The maximum Gasteiger partial charge on any atom is 0.255 e. The van der Waals surface area contributed by atoms with Crippen LogP contribution in [0.25, 0.3) is 10.8 Å². The summed E-state index contributed by atoms with van der Waals surface area (Å²) in [5.41, 5.74) is 1.29. The van der Waals surface area contributed by atoms with Crippen LogP contribution in [0.1, 0.15) is 17.9 Å². The monoisotopic (exact) mass is 228 g/mol. The third kappa shape index (κ3) is 1.76. The van der Waals surface area contributed by atoms with Crippen LogP contribution in [0, 0.1) is 0 Å². The van der Waals surface area contributed by atoms with Gasteiger partial charge >= 0.3 is 0 Å². The Balaban J connectivity index is 2.17. The van der Waals surface area contributed by atoms with Gasteiger partial charge in [-0.3, -0.25) is 4.79 Å². The molecule has 88 valence electrons. The van der Waals surface area contributed by atoms with E-state index in [4.69, 9.17) is 0 Å². The summed E-state index contributed by atoms with van der Waals surface area (Å²) in [4.78, 5) is 16.9. The summed E-state index contributed by atoms with van der Waals surface area (Å²) in [7, 11) is 2.15. The molecule has 17 heavy (non-hydrogen) atoms. The zero-order chi connectivity index (χ0) is 11.8. The minimum absolute atomic E-state index is 0.00991. The number of fused-ring (bicyclic) bond motifs is 1. The smallest absolute Gasteiger partial charge is 0.255 e. The lowest BCUT2D eigenvalue weighted by Gasteiger charge is -2.13. The summed E-state index contributed by atoms with van der Waals surface area (Å²) in [5.74, 6) is 0.543. The summed E-state index contributed by atoms with van der Waals surface area (Å²) in [5, 5.41) is 1.91. The van der Waals surface area contributed by atoms with Crippen LogP contribution in [-0.4, -0.2) is 30.0 Å². The number of H-pyrrole nitrogens is 1. The molecule has 3 nitrogen and oxygen atoms in total. The maximum absolute atomic E-state index is 11.7. The molecule has 1 aliphatic rings. The molecule has 0 saturated carbocycles. The van der Waals surface area contributed by atoms with E-state index in [0.29, 0.717) is 5.92 Å². The number of likely N-dealkylation sites (N-methyl/N-ethyl adjacent to an activating group) is 1. The van der Waals surface area contributed by atoms with Crippen LogP contribution >= 0.6 is 0 Å². The molecule has 2 heterocycles. The molecule has 0 radical (unpaired) electrons. The molecule has 0 amide bonds. The zero-order valence-corrected chi connectivity index (χ0v) is 9.94. The predicted molar refractivity (Wildman–Crippen MR) is 69.4 cm³/mol. The van der Waals surface area contributed by atoms with E-state index in [2.05, 4.69) is 23.0 Å². The topological polar surface area (TPSA) is 36.1 Å². The number of likely N-dealkylation sites (tertiary alicyclic amines) is 1. The van der Waals surface area contributed by atoms with E-state index in [0.717, 1.165) is 23.9 Å². The molecule has 1 atom stereocenters. The van der Waals surface area contributed by atoms with Crippen molar-refractivity contribution >= 4 is 10.8 Å². The highest BCUT2D eigenvalue weighted by atomic mass is 16.1. The first-order valence-corrected chi connectivity index (χ1v) is 6.04. The third-order valence-corrected chi connectivity index (χ3v) is 3.67. The summed E-state index contributed by atoms with van der Waals surface area (Å²) in [6.45, 7) is 2.22. The van der Waals surface area contributed by atoms with Crippen LogP contribution < -0.4 is 5.56 Å². The number of pyridine rings is 1. The van der Waals surface area contributed by atoms with E-state index < -0.39 is 0 Å². The summed E-state index contributed by atoms with van der Waals surface area (Å²) in [6.07, 6.45) is 3.07. The highest BCUT2D eigenvalue weighted by molar-refractivity contribution is 5.85. The van der Waals surface area contributed by atoms with Gasteiger partial charge in [0.05, 0.1) is 0 Å². The van der Waals surface area contributed by atoms with Gasteiger partial charge in [-0.25, -0.2) is 0 Å².